The van der Waals surface area contributed by atoms with E-state index in [0.29, 0.717) is 11.7 Å². The molecule has 1 fully saturated rings. The van der Waals surface area contributed by atoms with Gasteiger partial charge in [-0.2, -0.15) is 0 Å². The minimum absolute atomic E-state index is 0.389. The summed E-state index contributed by atoms with van der Waals surface area (Å²) < 4.78 is 5.65. The molecule has 0 amide bonds. The van der Waals surface area contributed by atoms with E-state index in [-0.39, 0.29) is 0 Å². The summed E-state index contributed by atoms with van der Waals surface area (Å²) in [6, 6.07) is 5.45. The molecular formula is C15H19NO3. The van der Waals surface area contributed by atoms with E-state index in [4.69, 9.17) is 9.84 Å². The lowest BCUT2D eigenvalue weighted by Crippen LogP contribution is -2.25. The lowest BCUT2D eigenvalue weighted by molar-refractivity contribution is 0.0697. The fourth-order valence-electron chi connectivity index (χ4n) is 3.01. The molecule has 1 N–H and O–H groups in total. The van der Waals surface area contributed by atoms with Crippen molar-refractivity contribution in [1.29, 1.82) is 0 Å². The number of hydrogen-bond acceptors (Lipinski definition) is 3. The van der Waals surface area contributed by atoms with Crippen molar-refractivity contribution in [2.45, 2.75) is 31.8 Å². The Morgan fingerprint density at radius 3 is 3.11 bits per heavy atom. The molecule has 2 aliphatic heterocycles. The van der Waals surface area contributed by atoms with Crippen LogP contribution in [0.15, 0.2) is 18.2 Å². The third kappa shape index (κ3) is 2.59. The van der Waals surface area contributed by atoms with E-state index in [1.165, 1.54) is 18.5 Å². The Kier molecular flexibility index (Phi) is 3.42. The Morgan fingerprint density at radius 2 is 2.37 bits per heavy atom. The molecule has 1 aromatic carbocycles. The monoisotopic (exact) mass is 261 g/mol. The zero-order valence-corrected chi connectivity index (χ0v) is 11.0. The van der Waals surface area contributed by atoms with Gasteiger partial charge in [0.2, 0.25) is 0 Å². The second-order valence-corrected chi connectivity index (χ2v) is 5.31. The second kappa shape index (κ2) is 5.21. The number of aromatic carboxylic acids is 1. The van der Waals surface area contributed by atoms with Crippen LogP contribution in [0.1, 0.15) is 35.2 Å². The summed E-state index contributed by atoms with van der Waals surface area (Å²) >= 11 is 0. The SMILES string of the molecule is O=C(O)c1ccc2c(c1)CCN2CCC1CCCO1. The molecule has 2 aliphatic rings. The number of carbonyl (C=O) groups is 1. The van der Waals surface area contributed by atoms with Crippen LogP contribution in [0.2, 0.25) is 0 Å². The first-order valence-corrected chi connectivity index (χ1v) is 6.97. The largest absolute Gasteiger partial charge is 0.478 e. The Bertz CT molecular complexity index is 480. The normalized spacial score (nSPS) is 21.7. The van der Waals surface area contributed by atoms with E-state index in [1.807, 2.05) is 12.1 Å². The van der Waals surface area contributed by atoms with E-state index < -0.39 is 5.97 Å². The molecule has 1 atom stereocenters. The smallest absolute Gasteiger partial charge is 0.335 e. The average Bonchev–Trinajstić information content (AvgIpc) is 3.05. The van der Waals surface area contributed by atoms with E-state index >= 15 is 0 Å². The quantitative estimate of drug-likeness (QED) is 0.903. The van der Waals surface area contributed by atoms with E-state index in [2.05, 4.69) is 4.90 Å². The summed E-state index contributed by atoms with van der Waals surface area (Å²) in [4.78, 5) is 13.3. The van der Waals surface area contributed by atoms with Gasteiger partial charge in [0.05, 0.1) is 11.7 Å². The highest BCUT2D eigenvalue weighted by atomic mass is 16.5. The van der Waals surface area contributed by atoms with Gasteiger partial charge in [-0.3, -0.25) is 0 Å². The summed E-state index contributed by atoms with van der Waals surface area (Å²) in [7, 11) is 0. The molecule has 1 unspecified atom stereocenters. The Labute approximate surface area is 113 Å². The minimum atomic E-state index is -0.847. The number of hydrogen-bond donors (Lipinski definition) is 1. The number of ether oxygens (including phenoxy) is 1. The number of carboxylic acids is 1. The van der Waals surface area contributed by atoms with E-state index in [1.54, 1.807) is 6.07 Å². The van der Waals surface area contributed by atoms with Gasteiger partial charge in [-0.15, -0.1) is 0 Å². The molecule has 0 bridgehead atoms. The zero-order chi connectivity index (χ0) is 13.2. The van der Waals surface area contributed by atoms with Crippen molar-refractivity contribution in [1.82, 2.24) is 0 Å². The van der Waals surface area contributed by atoms with Crippen LogP contribution in [0.4, 0.5) is 5.69 Å². The van der Waals surface area contributed by atoms with Crippen molar-refractivity contribution < 1.29 is 14.6 Å². The topological polar surface area (TPSA) is 49.8 Å². The highest BCUT2D eigenvalue weighted by Crippen LogP contribution is 2.29. The van der Waals surface area contributed by atoms with Crippen LogP contribution in [0.5, 0.6) is 0 Å². The molecule has 4 nitrogen and oxygen atoms in total. The minimum Gasteiger partial charge on any atom is -0.478 e. The molecule has 0 aliphatic carbocycles. The predicted octanol–water partition coefficient (Wildman–Crippen LogP) is 2.32. The number of rotatable bonds is 4. The van der Waals surface area contributed by atoms with E-state index in [0.717, 1.165) is 38.1 Å². The van der Waals surface area contributed by atoms with Crippen molar-refractivity contribution in [3.8, 4) is 0 Å². The summed E-state index contributed by atoms with van der Waals surface area (Å²) in [6.45, 7) is 2.90. The van der Waals surface area contributed by atoms with Gasteiger partial charge in [-0.25, -0.2) is 4.79 Å². The third-order valence-corrected chi connectivity index (χ3v) is 4.06. The zero-order valence-electron chi connectivity index (χ0n) is 11.0. The van der Waals surface area contributed by atoms with Gasteiger partial charge < -0.3 is 14.7 Å². The highest BCUT2D eigenvalue weighted by Gasteiger charge is 2.22. The number of nitrogens with zero attached hydrogens (tertiary/aromatic N) is 1. The molecular weight excluding hydrogens is 242 g/mol. The molecule has 1 aromatic rings. The number of benzene rings is 1. The van der Waals surface area contributed by atoms with Crippen LogP contribution in [-0.4, -0.2) is 36.9 Å². The van der Waals surface area contributed by atoms with Gasteiger partial charge in [0, 0.05) is 25.4 Å². The molecule has 1 saturated heterocycles. The number of anilines is 1. The predicted molar refractivity (Wildman–Crippen MR) is 72.9 cm³/mol. The molecule has 4 heteroatoms. The van der Waals surface area contributed by atoms with Crippen molar-refractivity contribution in [3.63, 3.8) is 0 Å². The lowest BCUT2D eigenvalue weighted by atomic mass is 10.1. The maximum Gasteiger partial charge on any atom is 0.335 e. The Hall–Kier alpha value is -1.55. The molecule has 0 radical (unpaired) electrons. The second-order valence-electron chi connectivity index (χ2n) is 5.31. The van der Waals surface area contributed by atoms with Crippen molar-refractivity contribution in [2.75, 3.05) is 24.6 Å². The van der Waals surface area contributed by atoms with Gasteiger partial charge in [0.15, 0.2) is 0 Å². The Morgan fingerprint density at radius 1 is 1.47 bits per heavy atom. The molecule has 0 saturated carbocycles. The van der Waals surface area contributed by atoms with Gasteiger partial charge in [0.25, 0.3) is 0 Å². The highest BCUT2D eigenvalue weighted by molar-refractivity contribution is 5.88. The molecule has 0 spiro atoms. The van der Waals surface area contributed by atoms with Crippen molar-refractivity contribution in [2.24, 2.45) is 0 Å². The van der Waals surface area contributed by atoms with Crippen LogP contribution in [0.3, 0.4) is 0 Å². The molecule has 19 heavy (non-hydrogen) atoms. The fourth-order valence-corrected chi connectivity index (χ4v) is 3.01. The van der Waals surface area contributed by atoms with Crippen LogP contribution < -0.4 is 4.90 Å². The number of carboxylic acid groups (broad SMARTS) is 1. The maximum absolute atomic E-state index is 11.0. The van der Waals surface area contributed by atoms with E-state index in [9.17, 15) is 4.79 Å². The molecule has 3 rings (SSSR count). The molecule has 102 valence electrons. The van der Waals surface area contributed by atoms with Crippen LogP contribution in [-0.2, 0) is 11.2 Å². The van der Waals surface area contributed by atoms with Gasteiger partial charge in [0.1, 0.15) is 0 Å². The van der Waals surface area contributed by atoms with Crippen LogP contribution in [0.25, 0.3) is 0 Å². The van der Waals surface area contributed by atoms with Gasteiger partial charge in [-0.1, -0.05) is 0 Å². The lowest BCUT2D eigenvalue weighted by Gasteiger charge is -2.21. The third-order valence-electron chi connectivity index (χ3n) is 4.06. The van der Waals surface area contributed by atoms with Crippen molar-refractivity contribution in [3.05, 3.63) is 29.3 Å². The summed E-state index contributed by atoms with van der Waals surface area (Å²) in [5, 5.41) is 9.00. The summed E-state index contributed by atoms with van der Waals surface area (Å²) in [5.74, 6) is -0.847. The first-order chi connectivity index (χ1) is 9.24. The van der Waals surface area contributed by atoms with Gasteiger partial charge >= 0.3 is 5.97 Å². The van der Waals surface area contributed by atoms with Crippen molar-refractivity contribution >= 4 is 11.7 Å². The van der Waals surface area contributed by atoms with Gasteiger partial charge in [-0.05, 0) is 49.4 Å². The number of fused-ring (bicyclic) bond motifs is 1. The van der Waals surface area contributed by atoms with Crippen LogP contribution >= 0.6 is 0 Å². The average molecular weight is 261 g/mol. The standard InChI is InChI=1S/C15H19NO3/c17-15(18)12-3-4-14-11(10-12)5-7-16(14)8-6-13-2-1-9-19-13/h3-4,10,13H,1-2,5-9H2,(H,17,18). The first kappa shape index (κ1) is 12.5. The summed E-state index contributed by atoms with van der Waals surface area (Å²) in [6.07, 6.45) is 4.80. The maximum atomic E-state index is 11.0. The molecule has 0 aromatic heterocycles. The Balaban J connectivity index is 1.66. The fraction of sp³-hybridized carbons (Fsp3) is 0.533. The molecule has 2 heterocycles. The first-order valence-electron chi connectivity index (χ1n) is 6.97. The van der Waals surface area contributed by atoms with Crippen LogP contribution in [0, 0.1) is 0 Å². The summed E-state index contributed by atoms with van der Waals surface area (Å²) in [5.41, 5.74) is 2.75.